The SMILES string of the molecule is CN(CCC#N)C(=O)CN1CCC(CCN)CC1. The van der Waals surface area contributed by atoms with Gasteiger partial charge in [-0.05, 0) is 44.8 Å². The number of likely N-dealkylation sites (N-methyl/N-ethyl adjacent to an activating group) is 1. The highest BCUT2D eigenvalue weighted by molar-refractivity contribution is 5.78. The summed E-state index contributed by atoms with van der Waals surface area (Å²) in [4.78, 5) is 15.7. The highest BCUT2D eigenvalue weighted by atomic mass is 16.2. The van der Waals surface area contributed by atoms with Crippen molar-refractivity contribution in [1.82, 2.24) is 9.80 Å². The first kappa shape index (κ1) is 14.9. The molecule has 0 aromatic carbocycles. The molecule has 102 valence electrons. The predicted molar refractivity (Wildman–Crippen MR) is 70.7 cm³/mol. The van der Waals surface area contributed by atoms with Gasteiger partial charge in [0.2, 0.25) is 5.91 Å². The number of likely N-dealkylation sites (tertiary alicyclic amines) is 1. The van der Waals surface area contributed by atoms with E-state index in [2.05, 4.69) is 11.0 Å². The Morgan fingerprint density at radius 2 is 2.17 bits per heavy atom. The molecule has 1 heterocycles. The molecule has 0 aromatic heterocycles. The van der Waals surface area contributed by atoms with Crippen LogP contribution in [0.5, 0.6) is 0 Å². The molecule has 2 N–H and O–H groups in total. The molecule has 1 fully saturated rings. The number of nitriles is 1. The van der Waals surface area contributed by atoms with Crippen molar-refractivity contribution in [2.75, 3.05) is 39.8 Å². The van der Waals surface area contributed by atoms with Crippen molar-refractivity contribution in [1.29, 1.82) is 5.26 Å². The molecule has 0 bridgehead atoms. The molecule has 0 atom stereocenters. The topological polar surface area (TPSA) is 73.4 Å². The number of amides is 1. The number of carbonyl (C=O) groups excluding carboxylic acids is 1. The predicted octanol–water partition coefficient (Wildman–Crippen LogP) is 0.419. The molecule has 0 aromatic rings. The van der Waals surface area contributed by atoms with E-state index in [0.29, 0.717) is 19.5 Å². The van der Waals surface area contributed by atoms with Gasteiger partial charge in [-0.1, -0.05) is 0 Å². The summed E-state index contributed by atoms with van der Waals surface area (Å²) in [6.07, 6.45) is 3.80. The van der Waals surface area contributed by atoms with E-state index in [0.717, 1.165) is 44.8 Å². The lowest BCUT2D eigenvalue weighted by atomic mass is 9.94. The van der Waals surface area contributed by atoms with Gasteiger partial charge in [-0.3, -0.25) is 9.69 Å². The van der Waals surface area contributed by atoms with Crippen molar-refractivity contribution in [2.45, 2.75) is 25.7 Å². The van der Waals surface area contributed by atoms with E-state index in [9.17, 15) is 4.79 Å². The van der Waals surface area contributed by atoms with Gasteiger partial charge in [0.25, 0.3) is 0 Å². The Bertz CT molecular complexity index is 292. The highest BCUT2D eigenvalue weighted by Gasteiger charge is 2.21. The average molecular weight is 252 g/mol. The second-order valence-electron chi connectivity index (χ2n) is 5.02. The van der Waals surface area contributed by atoms with Gasteiger partial charge >= 0.3 is 0 Å². The van der Waals surface area contributed by atoms with E-state index < -0.39 is 0 Å². The Morgan fingerprint density at radius 1 is 1.50 bits per heavy atom. The van der Waals surface area contributed by atoms with Gasteiger partial charge in [-0.25, -0.2) is 0 Å². The second-order valence-corrected chi connectivity index (χ2v) is 5.02. The number of hydrogen-bond acceptors (Lipinski definition) is 4. The van der Waals surface area contributed by atoms with E-state index >= 15 is 0 Å². The smallest absolute Gasteiger partial charge is 0.236 e. The maximum atomic E-state index is 11.9. The standard InChI is InChI=1S/C13H24N4O/c1-16(8-2-6-14)13(18)11-17-9-4-12(3-7-15)5-10-17/h12H,2-5,7-11,15H2,1H3. The number of hydrogen-bond donors (Lipinski definition) is 1. The molecular weight excluding hydrogens is 228 g/mol. The Balaban J connectivity index is 2.24. The lowest BCUT2D eigenvalue weighted by molar-refractivity contribution is -0.131. The van der Waals surface area contributed by atoms with Gasteiger partial charge in [-0.15, -0.1) is 0 Å². The number of nitrogens with two attached hydrogens (primary N) is 1. The van der Waals surface area contributed by atoms with Crippen LogP contribution in [0.1, 0.15) is 25.7 Å². The summed E-state index contributed by atoms with van der Waals surface area (Å²) in [6.45, 7) is 3.75. The molecule has 1 rings (SSSR count). The van der Waals surface area contributed by atoms with Gasteiger partial charge in [0, 0.05) is 13.6 Å². The van der Waals surface area contributed by atoms with Crippen LogP contribution in [0.4, 0.5) is 0 Å². The van der Waals surface area contributed by atoms with Crippen LogP contribution in [0.15, 0.2) is 0 Å². The number of rotatable bonds is 6. The summed E-state index contributed by atoms with van der Waals surface area (Å²) in [6, 6.07) is 2.06. The maximum Gasteiger partial charge on any atom is 0.236 e. The zero-order valence-electron chi connectivity index (χ0n) is 11.3. The van der Waals surface area contributed by atoms with E-state index in [1.807, 2.05) is 0 Å². The molecule has 1 amide bonds. The van der Waals surface area contributed by atoms with Crippen molar-refractivity contribution in [2.24, 2.45) is 11.7 Å². The third kappa shape index (κ3) is 5.03. The van der Waals surface area contributed by atoms with Gasteiger partial charge in [0.15, 0.2) is 0 Å². The van der Waals surface area contributed by atoms with E-state index in [1.54, 1.807) is 11.9 Å². The maximum absolute atomic E-state index is 11.9. The second kappa shape index (κ2) is 8.06. The largest absolute Gasteiger partial charge is 0.344 e. The fourth-order valence-corrected chi connectivity index (χ4v) is 2.32. The average Bonchev–Trinajstić information content (AvgIpc) is 2.38. The van der Waals surface area contributed by atoms with Crippen LogP contribution in [0.2, 0.25) is 0 Å². The van der Waals surface area contributed by atoms with Gasteiger partial charge < -0.3 is 10.6 Å². The lowest BCUT2D eigenvalue weighted by Crippen LogP contribution is -2.42. The molecule has 0 saturated carbocycles. The Hall–Kier alpha value is -1.12. The summed E-state index contributed by atoms with van der Waals surface area (Å²) in [5, 5.41) is 8.49. The van der Waals surface area contributed by atoms with Crippen LogP contribution < -0.4 is 5.73 Å². The fourth-order valence-electron chi connectivity index (χ4n) is 2.32. The molecular formula is C13H24N4O. The summed E-state index contributed by atoms with van der Waals surface area (Å²) in [5.74, 6) is 0.847. The summed E-state index contributed by atoms with van der Waals surface area (Å²) in [7, 11) is 1.76. The lowest BCUT2D eigenvalue weighted by Gasteiger charge is -2.32. The molecule has 0 spiro atoms. The third-order valence-corrected chi connectivity index (χ3v) is 3.63. The minimum absolute atomic E-state index is 0.113. The van der Waals surface area contributed by atoms with Crippen LogP contribution >= 0.6 is 0 Å². The number of carbonyl (C=O) groups is 1. The third-order valence-electron chi connectivity index (χ3n) is 3.63. The van der Waals surface area contributed by atoms with Gasteiger partial charge in [-0.2, -0.15) is 5.26 Å². The first-order valence-corrected chi connectivity index (χ1v) is 6.70. The minimum Gasteiger partial charge on any atom is -0.344 e. The normalized spacial score (nSPS) is 17.4. The number of nitrogens with zero attached hydrogens (tertiary/aromatic N) is 3. The molecule has 5 nitrogen and oxygen atoms in total. The zero-order valence-corrected chi connectivity index (χ0v) is 11.3. The molecule has 0 radical (unpaired) electrons. The molecule has 18 heavy (non-hydrogen) atoms. The van der Waals surface area contributed by atoms with Crippen molar-refractivity contribution >= 4 is 5.91 Å². The van der Waals surface area contributed by atoms with Crippen molar-refractivity contribution in [3.8, 4) is 6.07 Å². The summed E-state index contributed by atoms with van der Waals surface area (Å²) in [5.41, 5.74) is 5.56. The Labute approximate surface area is 110 Å². The molecule has 0 unspecified atom stereocenters. The first-order valence-electron chi connectivity index (χ1n) is 6.70. The zero-order chi connectivity index (χ0) is 13.4. The quantitative estimate of drug-likeness (QED) is 0.743. The van der Waals surface area contributed by atoms with Crippen molar-refractivity contribution in [3.63, 3.8) is 0 Å². The van der Waals surface area contributed by atoms with E-state index in [4.69, 9.17) is 11.0 Å². The van der Waals surface area contributed by atoms with Crippen LogP contribution in [-0.4, -0.2) is 55.5 Å². The minimum atomic E-state index is 0.113. The molecule has 5 heteroatoms. The van der Waals surface area contributed by atoms with E-state index in [-0.39, 0.29) is 5.91 Å². The molecule has 1 aliphatic heterocycles. The van der Waals surface area contributed by atoms with Crippen LogP contribution in [0.3, 0.4) is 0 Å². The summed E-state index contributed by atoms with van der Waals surface area (Å²) < 4.78 is 0. The number of piperidine rings is 1. The molecule has 0 aliphatic carbocycles. The Kier molecular flexibility index (Phi) is 6.69. The van der Waals surface area contributed by atoms with Gasteiger partial charge in [0.1, 0.15) is 0 Å². The first-order chi connectivity index (χ1) is 8.67. The van der Waals surface area contributed by atoms with Crippen LogP contribution in [0.25, 0.3) is 0 Å². The molecule has 1 saturated heterocycles. The van der Waals surface area contributed by atoms with Crippen LogP contribution in [0, 0.1) is 17.2 Å². The fraction of sp³-hybridized carbons (Fsp3) is 0.846. The highest BCUT2D eigenvalue weighted by Crippen LogP contribution is 2.19. The van der Waals surface area contributed by atoms with Crippen molar-refractivity contribution in [3.05, 3.63) is 0 Å². The Morgan fingerprint density at radius 3 is 2.72 bits per heavy atom. The summed E-state index contributed by atoms with van der Waals surface area (Å²) >= 11 is 0. The molecule has 1 aliphatic rings. The van der Waals surface area contributed by atoms with Gasteiger partial charge in [0.05, 0.1) is 19.0 Å². The van der Waals surface area contributed by atoms with Crippen molar-refractivity contribution < 1.29 is 4.79 Å². The van der Waals surface area contributed by atoms with Crippen LogP contribution in [-0.2, 0) is 4.79 Å². The van der Waals surface area contributed by atoms with E-state index in [1.165, 1.54) is 0 Å². The monoisotopic (exact) mass is 252 g/mol.